The Morgan fingerprint density at radius 3 is 2.10 bits per heavy atom. The second-order valence-corrected chi connectivity index (χ2v) is 3.07. The molecule has 1 unspecified atom stereocenters. The summed E-state index contributed by atoms with van der Waals surface area (Å²) in [6.07, 6.45) is 1.54. The number of hydrogen-bond donors (Lipinski definition) is 1. The van der Waals surface area contributed by atoms with Crippen molar-refractivity contribution in [2.45, 2.75) is 33.6 Å². The van der Waals surface area contributed by atoms with Crippen LogP contribution in [0.15, 0.2) is 0 Å². The summed E-state index contributed by atoms with van der Waals surface area (Å²) in [5.41, 5.74) is 0. The van der Waals surface area contributed by atoms with Crippen LogP contribution in [-0.2, 0) is 4.79 Å². The SMILES string of the molecule is CCC(CC(C)C)C(=O)O. The van der Waals surface area contributed by atoms with Crippen LogP contribution in [0, 0.1) is 11.8 Å². The van der Waals surface area contributed by atoms with Gasteiger partial charge in [0.25, 0.3) is 0 Å². The van der Waals surface area contributed by atoms with E-state index in [0.717, 1.165) is 12.8 Å². The van der Waals surface area contributed by atoms with Gasteiger partial charge in [0.05, 0.1) is 5.92 Å². The first-order valence-electron chi connectivity index (χ1n) is 3.80. The van der Waals surface area contributed by atoms with Crippen LogP contribution in [0.2, 0.25) is 0 Å². The molecule has 0 radical (unpaired) electrons. The van der Waals surface area contributed by atoms with Crippen molar-refractivity contribution in [2.75, 3.05) is 0 Å². The molecule has 0 aliphatic heterocycles. The zero-order valence-corrected chi connectivity index (χ0v) is 6.92. The van der Waals surface area contributed by atoms with E-state index in [4.69, 9.17) is 5.11 Å². The predicted molar refractivity (Wildman–Crippen MR) is 40.9 cm³/mol. The molecule has 0 bridgehead atoms. The van der Waals surface area contributed by atoms with Gasteiger partial charge in [0.1, 0.15) is 0 Å². The van der Waals surface area contributed by atoms with Gasteiger partial charge >= 0.3 is 5.97 Å². The molecule has 0 amide bonds. The van der Waals surface area contributed by atoms with Gasteiger partial charge < -0.3 is 5.11 Å². The molecular weight excluding hydrogens is 128 g/mol. The minimum absolute atomic E-state index is 0.139. The van der Waals surface area contributed by atoms with E-state index >= 15 is 0 Å². The minimum Gasteiger partial charge on any atom is -0.481 e. The minimum atomic E-state index is -0.656. The highest BCUT2D eigenvalue weighted by atomic mass is 16.4. The van der Waals surface area contributed by atoms with Crippen LogP contribution in [0.5, 0.6) is 0 Å². The number of aliphatic carboxylic acids is 1. The maximum atomic E-state index is 10.5. The lowest BCUT2D eigenvalue weighted by atomic mass is 9.95. The molecule has 0 saturated carbocycles. The first kappa shape index (κ1) is 9.47. The van der Waals surface area contributed by atoms with Gasteiger partial charge in [0, 0.05) is 0 Å². The summed E-state index contributed by atoms with van der Waals surface area (Å²) in [6.45, 7) is 6.01. The molecule has 2 nitrogen and oxygen atoms in total. The van der Waals surface area contributed by atoms with E-state index in [1.54, 1.807) is 0 Å². The molecule has 10 heavy (non-hydrogen) atoms. The third kappa shape index (κ3) is 3.49. The Kier molecular flexibility index (Phi) is 4.08. The van der Waals surface area contributed by atoms with E-state index in [1.165, 1.54) is 0 Å². The summed E-state index contributed by atoms with van der Waals surface area (Å²) in [4.78, 5) is 10.5. The van der Waals surface area contributed by atoms with Crippen LogP contribution in [0.1, 0.15) is 33.6 Å². The third-order valence-corrected chi connectivity index (χ3v) is 1.60. The lowest BCUT2D eigenvalue weighted by Gasteiger charge is -2.11. The lowest BCUT2D eigenvalue weighted by molar-refractivity contribution is -0.142. The van der Waals surface area contributed by atoms with Gasteiger partial charge in [-0.2, -0.15) is 0 Å². The Balaban J connectivity index is 3.72. The molecule has 0 aromatic carbocycles. The van der Waals surface area contributed by atoms with Gasteiger partial charge in [0.2, 0.25) is 0 Å². The van der Waals surface area contributed by atoms with Crippen molar-refractivity contribution in [3.8, 4) is 0 Å². The second-order valence-electron chi connectivity index (χ2n) is 3.07. The first-order valence-corrected chi connectivity index (χ1v) is 3.80. The summed E-state index contributed by atoms with van der Waals surface area (Å²) in [7, 11) is 0. The fourth-order valence-corrected chi connectivity index (χ4v) is 1.01. The van der Waals surface area contributed by atoms with E-state index in [-0.39, 0.29) is 5.92 Å². The third-order valence-electron chi connectivity index (χ3n) is 1.60. The van der Waals surface area contributed by atoms with Gasteiger partial charge in [-0.1, -0.05) is 20.8 Å². The molecular formula is C8H16O2. The number of carbonyl (C=O) groups is 1. The molecule has 2 heteroatoms. The van der Waals surface area contributed by atoms with Gasteiger partial charge in [-0.15, -0.1) is 0 Å². The molecule has 0 fully saturated rings. The Morgan fingerprint density at radius 2 is 2.00 bits per heavy atom. The van der Waals surface area contributed by atoms with Crippen molar-refractivity contribution in [1.82, 2.24) is 0 Å². The summed E-state index contributed by atoms with van der Waals surface area (Å²) in [6, 6.07) is 0. The molecule has 0 rings (SSSR count). The molecule has 0 saturated heterocycles. The van der Waals surface area contributed by atoms with E-state index in [9.17, 15) is 4.79 Å². The monoisotopic (exact) mass is 144 g/mol. The van der Waals surface area contributed by atoms with E-state index in [0.29, 0.717) is 5.92 Å². The number of rotatable bonds is 4. The van der Waals surface area contributed by atoms with Crippen molar-refractivity contribution >= 4 is 5.97 Å². The summed E-state index contributed by atoms with van der Waals surface area (Å²) in [5, 5.41) is 8.62. The van der Waals surface area contributed by atoms with Crippen LogP contribution in [0.4, 0.5) is 0 Å². The molecule has 60 valence electrons. The van der Waals surface area contributed by atoms with Crippen molar-refractivity contribution < 1.29 is 9.90 Å². The Hall–Kier alpha value is -0.530. The average Bonchev–Trinajstić information content (AvgIpc) is 1.81. The van der Waals surface area contributed by atoms with E-state index < -0.39 is 5.97 Å². The van der Waals surface area contributed by atoms with Gasteiger partial charge in [-0.3, -0.25) is 4.79 Å². The second kappa shape index (κ2) is 4.31. The van der Waals surface area contributed by atoms with Gasteiger partial charge in [0.15, 0.2) is 0 Å². The van der Waals surface area contributed by atoms with Crippen LogP contribution < -0.4 is 0 Å². The summed E-state index contributed by atoms with van der Waals surface area (Å²) >= 11 is 0. The smallest absolute Gasteiger partial charge is 0.306 e. The number of hydrogen-bond acceptors (Lipinski definition) is 1. The normalized spacial score (nSPS) is 13.6. The maximum Gasteiger partial charge on any atom is 0.306 e. The molecule has 0 aliphatic carbocycles. The zero-order chi connectivity index (χ0) is 8.15. The van der Waals surface area contributed by atoms with Crippen molar-refractivity contribution in [3.05, 3.63) is 0 Å². The van der Waals surface area contributed by atoms with Gasteiger partial charge in [-0.25, -0.2) is 0 Å². The molecule has 0 spiro atoms. The largest absolute Gasteiger partial charge is 0.481 e. The molecule has 0 aromatic heterocycles. The zero-order valence-electron chi connectivity index (χ0n) is 6.92. The lowest BCUT2D eigenvalue weighted by Crippen LogP contribution is -2.14. The number of carboxylic acids is 1. The summed E-state index contributed by atoms with van der Waals surface area (Å²) in [5.74, 6) is -0.308. The van der Waals surface area contributed by atoms with Crippen molar-refractivity contribution in [2.24, 2.45) is 11.8 Å². The predicted octanol–water partition coefficient (Wildman–Crippen LogP) is 2.14. The summed E-state index contributed by atoms with van der Waals surface area (Å²) < 4.78 is 0. The average molecular weight is 144 g/mol. The highest BCUT2D eigenvalue weighted by Crippen LogP contribution is 2.14. The van der Waals surface area contributed by atoms with Gasteiger partial charge in [-0.05, 0) is 18.8 Å². The van der Waals surface area contributed by atoms with Crippen LogP contribution in [0.3, 0.4) is 0 Å². The Bertz CT molecular complexity index is 108. The highest BCUT2D eigenvalue weighted by Gasteiger charge is 2.15. The highest BCUT2D eigenvalue weighted by molar-refractivity contribution is 5.69. The fraction of sp³-hybridized carbons (Fsp3) is 0.875. The Morgan fingerprint density at radius 1 is 1.50 bits per heavy atom. The van der Waals surface area contributed by atoms with Crippen molar-refractivity contribution in [3.63, 3.8) is 0 Å². The first-order chi connectivity index (χ1) is 4.57. The quantitative estimate of drug-likeness (QED) is 0.656. The topological polar surface area (TPSA) is 37.3 Å². The van der Waals surface area contributed by atoms with Crippen LogP contribution >= 0.6 is 0 Å². The van der Waals surface area contributed by atoms with Crippen molar-refractivity contribution in [1.29, 1.82) is 0 Å². The van der Waals surface area contributed by atoms with E-state index in [2.05, 4.69) is 0 Å². The molecule has 1 atom stereocenters. The molecule has 0 aromatic rings. The molecule has 1 N–H and O–H groups in total. The van der Waals surface area contributed by atoms with Crippen LogP contribution in [0.25, 0.3) is 0 Å². The standard InChI is InChI=1S/C8H16O2/c1-4-7(8(9)10)5-6(2)3/h6-7H,4-5H2,1-3H3,(H,9,10). The van der Waals surface area contributed by atoms with Crippen LogP contribution in [-0.4, -0.2) is 11.1 Å². The molecule has 0 aliphatic rings. The fourth-order valence-electron chi connectivity index (χ4n) is 1.01. The molecule has 0 heterocycles. The van der Waals surface area contributed by atoms with E-state index in [1.807, 2.05) is 20.8 Å². The number of carboxylic acid groups (broad SMARTS) is 1. The Labute approximate surface area is 62.2 Å². The maximum absolute atomic E-state index is 10.5.